The number of ether oxygens (including phenoxy) is 2. The van der Waals surface area contributed by atoms with Gasteiger partial charge in [0, 0.05) is 25.7 Å². The number of hydrogen-bond acceptors (Lipinski definition) is 5. The second-order valence-electron chi connectivity index (χ2n) is 6.48. The Hall–Kier alpha value is -1.76. The predicted molar refractivity (Wildman–Crippen MR) is 86.2 cm³/mol. The molecule has 1 saturated heterocycles. The van der Waals surface area contributed by atoms with E-state index in [1.807, 2.05) is 0 Å². The van der Waals surface area contributed by atoms with Crippen molar-refractivity contribution in [1.82, 2.24) is 9.80 Å². The number of carbonyl (C=O) groups is 2. The molecule has 1 heterocycles. The summed E-state index contributed by atoms with van der Waals surface area (Å²) in [5.74, 6) is 0. The first-order valence-corrected chi connectivity index (χ1v) is 7.91. The van der Waals surface area contributed by atoms with Crippen molar-refractivity contribution in [3.05, 3.63) is 12.7 Å². The number of rotatable bonds is 5. The van der Waals surface area contributed by atoms with Gasteiger partial charge in [0.05, 0.1) is 6.61 Å². The summed E-state index contributed by atoms with van der Waals surface area (Å²) in [6.07, 6.45) is 1.98. The third-order valence-corrected chi connectivity index (χ3v) is 3.46. The van der Waals surface area contributed by atoms with Crippen LogP contribution in [0.2, 0.25) is 0 Å². The van der Waals surface area contributed by atoms with Crippen molar-refractivity contribution in [3.63, 3.8) is 0 Å². The zero-order valence-electron chi connectivity index (χ0n) is 14.3. The van der Waals surface area contributed by atoms with Gasteiger partial charge in [-0.25, -0.2) is 9.59 Å². The number of hydrogen-bond donors (Lipinski definition) is 1. The van der Waals surface area contributed by atoms with Gasteiger partial charge in [0.2, 0.25) is 0 Å². The lowest BCUT2D eigenvalue weighted by Gasteiger charge is -2.38. The second-order valence-corrected chi connectivity index (χ2v) is 6.48. The van der Waals surface area contributed by atoms with Gasteiger partial charge in [0.25, 0.3) is 0 Å². The average Bonchev–Trinajstić information content (AvgIpc) is 2.48. The van der Waals surface area contributed by atoms with E-state index in [0.29, 0.717) is 25.9 Å². The highest BCUT2D eigenvalue weighted by molar-refractivity contribution is 5.69. The molecule has 0 atom stereocenters. The van der Waals surface area contributed by atoms with Crippen LogP contribution < -0.4 is 0 Å². The van der Waals surface area contributed by atoms with Crippen LogP contribution in [0, 0.1) is 0 Å². The van der Waals surface area contributed by atoms with Crippen LogP contribution in [-0.4, -0.2) is 71.6 Å². The maximum absolute atomic E-state index is 12.3. The molecule has 1 aliphatic rings. The van der Waals surface area contributed by atoms with E-state index in [1.54, 1.807) is 30.6 Å². The van der Waals surface area contributed by atoms with Crippen LogP contribution in [0.25, 0.3) is 0 Å². The standard InChI is InChI=1S/C16H28N2O5/c1-5-12-22-14(20)17-8-6-13(7-9-17)18(10-11-19)15(21)23-16(2,3)4/h5,13,19H,1,6-12H2,2-4H3. The number of aliphatic hydroxyl groups excluding tert-OH is 1. The van der Waals surface area contributed by atoms with Crippen molar-refractivity contribution in [1.29, 1.82) is 0 Å². The van der Waals surface area contributed by atoms with Crippen molar-refractivity contribution in [2.75, 3.05) is 32.8 Å². The highest BCUT2D eigenvalue weighted by atomic mass is 16.6. The lowest BCUT2D eigenvalue weighted by Crippen LogP contribution is -2.50. The molecule has 0 bridgehead atoms. The minimum atomic E-state index is -0.583. The van der Waals surface area contributed by atoms with Gasteiger partial charge in [-0.3, -0.25) is 0 Å². The van der Waals surface area contributed by atoms with Crippen LogP contribution in [0.4, 0.5) is 9.59 Å². The zero-order valence-corrected chi connectivity index (χ0v) is 14.3. The maximum Gasteiger partial charge on any atom is 0.410 e. The molecular formula is C16H28N2O5. The number of likely N-dealkylation sites (tertiary alicyclic amines) is 1. The Labute approximate surface area is 137 Å². The smallest absolute Gasteiger partial charge is 0.410 e. The number of amides is 2. The van der Waals surface area contributed by atoms with E-state index in [4.69, 9.17) is 9.47 Å². The van der Waals surface area contributed by atoms with Crippen LogP contribution in [-0.2, 0) is 9.47 Å². The Morgan fingerprint density at radius 3 is 2.43 bits per heavy atom. The molecule has 0 aromatic rings. The van der Waals surface area contributed by atoms with E-state index in [-0.39, 0.29) is 31.9 Å². The highest BCUT2D eigenvalue weighted by Gasteiger charge is 2.32. The van der Waals surface area contributed by atoms with Gasteiger partial charge >= 0.3 is 12.2 Å². The Bertz CT molecular complexity index is 411. The summed E-state index contributed by atoms with van der Waals surface area (Å²) in [5, 5.41) is 9.21. The van der Waals surface area contributed by atoms with E-state index in [1.165, 1.54) is 6.08 Å². The largest absolute Gasteiger partial charge is 0.445 e. The molecule has 2 amide bonds. The quantitative estimate of drug-likeness (QED) is 0.781. The van der Waals surface area contributed by atoms with E-state index in [2.05, 4.69) is 6.58 Å². The van der Waals surface area contributed by atoms with E-state index in [0.717, 1.165) is 0 Å². The zero-order chi connectivity index (χ0) is 17.5. The fourth-order valence-corrected chi connectivity index (χ4v) is 2.43. The van der Waals surface area contributed by atoms with Crippen LogP contribution in [0.15, 0.2) is 12.7 Å². The Kier molecular flexibility index (Phi) is 7.35. The first-order chi connectivity index (χ1) is 10.8. The molecule has 0 saturated carbocycles. The van der Waals surface area contributed by atoms with Crippen molar-refractivity contribution in [2.45, 2.75) is 45.3 Å². The molecule has 7 nitrogen and oxygen atoms in total. The fraction of sp³-hybridized carbons (Fsp3) is 0.750. The molecule has 0 unspecified atom stereocenters. The summed E-state index contributed by atoms with van der Waals surface area (Å²) < 4.78 is 10.4. The van der Waals surface area contributed by atoms with Gasteiger partial charge in [-0.1, -0.05) is 12.7 Å². The number of carbonyl (C=O) groups excluding carboxylic acids is 2. The molecule has 0 aromatic carbocycles. The lowest BCUT2D eigenvalue weighted by atomic mass is 10.0. The summed E-state index contributed by atoms with van der Waals surface area (Å²) in [5.41, 5.74) is -0.583. The minimum Gasteiger partial charge on any atom is -0.445 e. The third kappa shape index (κ3) is 6.48. The molecule has 0 spiro atoms. The Morgan fingerprint density at radius 2 is 1.96 bits per heavy atom. The summed E-state index contributed by atoms with van der Waals surface area (Å²) in [7, 11) is 0. The summed E-state index contributed by atoms with van der Waals surface area (Å²) in [6.45, 7) is 10.2. The van der Waals surface area contributed by atoms with E-state index >= 15 is 0 Å². The topological polar surface area (TPSA) is 79.3 Å². The van der Waals surface area contributed by atoms with Crippen LogP contribution in [0.5, 0.6) is 0 Å². The van der Waals surface area contributed by atoms with Crippen LogP contribution >= 0.6 is 0 Å². The van der Waals surface area contributed by atoms with Gasteiger partial charge in [0.1, 0.15) is 12.2 Å². The summed E-state index contributed by atoms with van der Waals surface area (Å²) >= 11 is 0. The molecule has 23 heavy (non-hydrogen) atoms. The number of aliphatic hydroxyl groups is 1. The highest BCUT2D eigenvalue weighted by Crippen LogP contribution is 2.20. The molecule has 7 heteroatoms. The molecule has 0 radical (unpaired) electrons. The molecule has 1 rings (SSSR count). The third-order valence-electron chi connectivity index (χ3n) is 3.46. The second kappa shape index (κ2) is 8.76. The minimum absolute atomic E-state index is 0.0551. The maximum atomic E-state index is 12.3. The van der Waals surface area contributed by atoms with Gasteiger partial charge in [-0.2, -0.15) is 0 Å². The lowest BCUT2D eigenvalue weighted by molar-refractivity contribution is 0.00431. The van der Waals surface area contributed by atoms with Gasteiger partial charge in [-0.15, -0.1) is 0 Å². The van der Waals surface area contributed by atoms with Crippen molar-refractivity contribution in [3.8, 4) is 0 Å². The van der Waals surface area contributed by atoms with Crippen LogP contribution in [0.3, 0.4) is 0 Å². The molecule has 0 aromatic heterocycles. The van der Waals surface area contributed by atoms with Gasteiger partial charge in [0.15, 0.2) is 0 Å². The summed E-state index contributed by atoms with van der Waals surface area (Å²) in [4.78, 5) is 27.2. The molecule has 132 valence electrons. The molecule has 0 aliphatic carbocycles. The normalized spacial score (nSPS) is 15.9. The van der Waals surface area contributed by atoms with Crippen molar-refractivity contribution >= 4 is 12.2 Å². The summed E-state index contributed by atoms with van der Waals surface area (Å²) in [6, 6.07) is -0.0551. The Morgan fingerprint density at radius 1 is 1.35 bits per heavy atom. The predicted octanol–water partition coefficient (Wildman–Crippen LogP) is 2.00. The first kappa shape index (κ1) is 19.3. The number of piperidine rings is 1. The average molecular weight is 328 g/mol. The monoisotopic (exact) mass is 328 g/mol. The molecule has 1 aliphatic heterocycles. The fourth-order valence-electron chi connectivity index (χ4n) is 2.43. The van der Waals surface area contributed by atoms with Gasteiger partial charge < -0.3 is 24.4 Å². The molecule has 1 N–H and O–H groups in total. The van der Waals surface area contributed by atoms with E-state index < -0.39 is 11.7 Å². The van der Waals surface area contributed by atoms with E-state index in [9.17, 15) is 14.7 Å². The van der Waals surface area contributed by atoms with Crippen molar-refractivity contribution in [2.24, 2.45) is 0 Å². The molecule has 1 fully saturated rings. The SMILES string of the molecule is C=CCOC(=O)N1CCC(N(CCO)C(=O)OC(C)(C)C)CC1. The van der Waals surface area contributed by atoms with Crippen molar-refractivity contribution < 1.29 is 24.2 Å². The first-order valence-electron chi connectivity index (χ1n) is 7.91. The Balaban J connectivity index is 2.58. The molecular weight excluding hydrogens is 300 g/mol. The number of nitrogens with zero attached hydrogens (tertiary/aromatic N) is 2. The van der Waals surface area contributed by atoms with Gasteiger partial charge in [-0.05, 0) is 33.6 Å². The van der Waals surface area contributed by atoms with Crippen LogP contribution in [0.1, 0.15) is 33.6 Å².